The maximum Gasteiger partial charge on any atom is 0.321 e. The van der Waals surface area contributed by atoms with Crippen molar-refractivity contribution in [3.63, 3.8) is 0 Å². The van der Waals surface area contributed by atoms with Crippen LogP contribution in [0.25, 0.3) is 11.1 Å². The molecular weight excluding hydrogens is 398 g/mol. The molecule has 0 aliphatic carbocycles. The van der Waals surface area contributed by atoms with Gasteiger partial charge in [-0.15, -0.1) is 0 Å². The number of pyridine rings is 1. The molecule has 3 heterocycles. The van der Waals surface area contributed by atoms with Crippen LogP contribution in [-0.4, -0.2) is 48.1 Å². The molecule has 2 unspecified atom stereocenters. The quantitative estimate of drug-likeness (QED) is 0.726. The molecule has 3 N–H and O–H groups in total. The van der Waals surface area contributed by atoms with Crippen molar-refractivity contribution in [1.82, 2.24) is 9.88 Å². The van der Waals surface area contributed by atoms with Crippen molar-refractivity contribution in [2.45, 2.75) is 53.0 Å². The summed E-state index contributed by atoms with van der Waals surface area (Å²) in [7, 11) is 0. The van der Waals surface area contributed by atoms with Gasteiger partial charge in [-0.1, -0.05) is 43.2 Å². The Hall–Kier alpha value is -2.60. The molecule has 4 rings (SSSR count). The van der Waals surface area contributed by atoms with Gasteiger partial charge in [0.15, 0.2) is 0 Å². The summed E-state index contributed by atoms with van der Waals surface area (Å²) in [5.41, 5.74) is 12.7. The highest BCUT2D eigenvalue weighted by atomic mass is 16.2. The second-order valence-electron chi connectivity index (χ2n) is 10.1. The van der Waals surface area contributed by atoms with E-state index in [-0.39, 0.29) is 12.1 Å². The van der Waals surface area contributed by atoms with Crippen molar-refractivity contribution in [2.75, 3.05) is 36.4 Å². The first kappa shape index (κ1) is 22.6. The fraction of sp³-hybridized carbons (Fsp3) is 0.538. The van der Waals surface area contributed by atoms with Gasteiger partial charge in [-0.2, -0.15) is 0 Å². The first-order valence-electron chi connectivity index (χ1n) is 11.9. The van der Waals surface area contributed by atoms with Gasteiger partial charge in [0.2, 0.25) is 0 Å². The minimum absolute atomic E-state index is 0.0299. The fourth-order valence-electron chi connectivity index (χ4n) is 5.37. The number of aryl methyl sites for hydroxylation is 2. The van der Waals surface area contributed by atoms with E-state index in [0.29, 0.717) is 11.8 Å². The summed E-state index contributed by atoms with van der Waals surface area (Å²) in [6.07, 6.45) is 6.79. The zero-order valence-electron chi connectivity index (χ0n) is 19.9. The molecule has 6 nitrogen and oxygen atoms in total. The molecule has 2 atom stereocenters. The van der Waals surface area contributed by atoms with E-state index in [4.69, 9.17) is 5.73 Å². The first-order chi connectivity index (χ1) is 15.3. The molecule has 32 heavy (non-hydrogen) atoms. The summed E-state index contributed by atoms with van der Waals surface area (Å²) in [6.45, 7) is 12.0. The number of rotatable bonds is 3. The number of aromatic nitrogens is 1. The van der Waals surface area contributed by atoms with E-state index < -0.39 is 0 Å². The highest BCUT2D eigenvalue weighted by molar-refractivity contribution is 5.97. The lowest BCUT2D eigenvalue weighted by atomic mass is 9.92. The topological polar surface area (TPSA) is 74.5 Å². The van der Waals surface area contributed by atoms with Gasteiger partial charge < -0.3 is 20.9 Å². The van der Waals surface area contributed by atoms with E-state index in [0.717, 1.165) is 61.5 Å². The number of hydrogen-bond acceptors (Lipinski definition) is 4. The molecule has 2 amide bonds. The number of carbonyl (C=O) groups excluding carboxylic acids is 1. The van der Waals surface area contributed by atoms with Gasteiger partial charge in [0.05, 0.1) is 17.6 Å². The molecule has 172 valence electrons. The van der Waals surface area contributed by atoms with Gasteiger partial charge in [0, 0.05) is 44.0 Å². The number of benzene rings is 1. The minimum atomic E-state index is -0.0299. The largest absolute Gasteiger partial charge is 0.369 e. The maximum atomic E-state index is 13.3. The van der Waals surface area contributed by atoms with Crippen LogP contribution in [0.5, 0.6) is 0 Å². The van der Waals surface area contributed by atoms with Crippen LogP contribution in [0.1, 0.15) is 44.2 Å². The number of nitrogens with one attached hydrogen (secondary N) is 1. The number of hydrogen-bond donors (Lipinski definition) is 2. The highest BCUT2D eigenvalue weighted by Crippen LogP contribution is 2.39. The Morgan fingerprint density at radius 2 is 1.66 bits per heavy atom. The zero-order valence-corrected chi connectivity index (χ0v) is 19.9. The number of nitrogens with zero attached hydrogens (tertiary/aromatic N) is 3. The Kier molecular flexibility index (Phi) is 6.70. The van der Waals surface area contributed by atoms with E-state index in [1.165, 1.54) is 17.5 Å². The minimum Gasteiger partial charge on any atom is -0.369 e. The molecule has 0 radical (unpaired) electrons. The van der Waals surface area contributed by atoms with Crippen molar-refractivity contribution in [3.8, 4) is 11.1 Å². The zero-order chi connectivity index (χ0) is 22.8. The summed E-state index contributed by atoms with van der Waals surface area (Å²) < 4.78 is 0. The Balaban J connectivity index is 1.70. The van der Waals surface area contributed by atoms with Crippen LogP contribution in [0.2, 0.25) is 0 Å². The van der Waals surface area contributed by atoms with E-state index in [2.05, 4.69) is 61.1 Å². The molecule has 1 aromatic carbocycles. The first-order valence-corrected chi connectivity index (χ1v) is 11.9. The van der Waals surface area contributed by atoms with E-state index >= 15 is 0 Å². The summed E-state index contributed by atoms with van der Waals surface area (Å²) in [5.74, 6) is 1.04. The number of anilines is 2. The summed E-state index contributed by atoms with van der Waals surface area (Å²) >= 11 is 0. The van der Waals surface area contributed by atoms with Gasteiger partial charge in [-0.05, 0) is 50.5 Å². The molecular formula is C26H37N5O. The number of urea groups is 1. The van der Waals surface area contributed by atoms with Crippen molar-refractivity contribution < 1.29 is 4.79 Å². The maximum absolute atomic E-state index is 13.3. The van der Waals surface area contributed by atoms with Crippen molar-refractivity contribution in [2.24, 2.45) is 17.6 Å². The monoisotopic (exact) mass is 435 g/mol. The molecule has 2 aromatic rings. The molecule has 2 fully saturated rings. The van der Waals surface area contributed by atoms with Crippen LogP contribution < -0.4 is 16.0 Å². The third kappa shape index (κ3) is 5.07. The third-order valence-corrected chi connectivity index (χ3v) is 6.70. The van der Waals surface area contributed by atoms with Gasteiger partial charge in [0.25, 0.3) is 0 Å². The van der Waals surface area contributed by atoms with Crippen LogP contribution in [-0.2, 0) is 0 Å². The van der Waals surface area contributed by atoms with E-state index in [1.807, 2.05) is 11.1 Å². The predicted octanol–water partition coefficient (Wildman–Crippen LogP) is 4.80. The lowest BCUT2D eigenvalue weighted by Gasteiger charge is -2.37. The number of likely N-dealkylation sites (tertiary alicyclic amines) is 1. The van der Waals surface area contributed by atoms with Crippen LogP contribution in [0.3, 0.4) is 0 Å². The highest BCUT2D eigenvalue weighted by Gasteiger charge is 2.28. The lowest BCUT2D eigenvalue weighted by molar-refractivity contribution is 0.156. The van der Waals surface area contributed by atoms with Crippen LogP contribution in [0.15, 0.2) is 30.6 Å². The number of carbonyl (C=O) groups is 1. The predicted molar refractivity (Wildman–Crippen MR) is 132 cm³/mol. The van der Waals surface area contributed by atoms with Crippen molar-refractivity contribution in [3.05, 3.63) is 41.7 Å². The summed E-state index contributed by atoms with van der Waals surface area (Å²) in [4.78, 5) is 22.1. The average molecular weight is 436 g/mol. The van der Waals surface area contributed by atoms with Crippen molar-refractivity contribution in [1.29, 1.82) is 0 Å². The Labute approximate surface area is 192 Å². The number of amides is 2. The summed E-state index contributed by atoms with van der Waals surface area (Å²) in [6, 6.07) is 6.79. The van der Waals surface area contributed by atoms with Gasteiger partial charge in [-0.3, -0.25) is 4.98 Å². The van der Waals surface area contributed by atoms with Gasteiger partial charge in [-0.25, -0.2) is 4.79 Å². The van der Waals surface area contributed by atoms with Crippen molar-refractivity contribution >= 4 is 17.4 Å². The molecule has 1 aromatic heterocycles. The molecule has 0 bridgehead atoms. The molecule has 0 spiro atoms. The number of piperidine rings is 2. The van der Waals surface area contributed by atoms with E-state index in [9.17, 15) is 4.79 Å². The second-order valence-corrected chi connectivity index (χ2v) is 10.1. The second kappa shape index (κ2) is 9.49. The normalized spacial score (nSPS) is 22.2. The third-order valence-electron chi connectivity index (χ3n) is 6.70. The van der Waals surface area contributed by atoms with E-state index in [1.54, 1.807) is 6.20 Å². The molecule has 2 aliphatic heterocycles. The molecule has 2 aliphatic rings. The number of nitrogens with two attached hydrogens (primary N) is 1. The van der Waals surface area contributed by atoms with Gasteiger partial charge >= 0.3 is 6.03 Å². The Morgan fingerprint density at radius 3 is 2.28 bits per heavy atom. The van der Waals surface area contributed by atoms with Crippen LogP contribution in [0.4, 0.5) is 16.2 Å². The van der Waals surface area contributed by atoms with Crippen LogP contribution in [0, 0.1) is 25.7 Å². The fourth-order valence-corrected chi connectivity index (χ4v) is 5.37. The Morgan fingerprint density at radius 1 is 1.03 bits per heavy atom. The summed E-state index contributed by atoms with van der Waals surface area (Å²) in [5, 5.41) is 3.22. The Bertz CT molecular complexity index is 936. The molecule has 2 saturated heterocycles. The average Bonchev–Trinajstić information content (AvgIpc) is 2.73. The SMILES string of the molecule is Cc1cc(C)cc(-c2cncc(NC(=O)N3CC(C)CC(C)C3)c2N2CCC(N)CC2)c1. The van der Waals surface area contributed by atoms with Gasteiger partial charge in [0.1, 0.15) is 0 Å². The standard InChI is InChI=1S/C26H37N5O/c1-17-9-18(2)12-21(11-17)23-13-28-14-24(25(23)30-7-5-22(27)6-8-30)29-26(32)31-15-19(3)10-20(4)16-31/h9,11-14,19-20,22H,5-8,10,15-16,27H2,1-4H3,(H,29,32). The van der Waals surface area contributed by atoms with Crippen LogP contribution >= 0.6 is 0 Å². The lowest BCUT2D eigenvalue weighted by Crippen LogP contribution is -2.45. The molecule has 6 heteroatoms. The smallest absolute Gasteiger partial charge is 0.321 e. The molecule has 0 saturated carbocycles.